The van der Waals surface area contributed by atoms with Crippen LogP contribution in [0.2, 0.25) is 0 Å². The lowest BCUT2D eigenvalue weighted by Gasteiger charge is -2.22. The molecule has 1 atom stereocenters. The van der Waals surface area contributed by atoms with Crippen molar-refractivity contribution < 1.29 is 14.3 Å². The molecule has 1 N–H and O–H groups in total. The zero-order valence-corrected chi connectivity index (χ0v) is 21.3. The lowest BCUT2D eigenvalue weighted by Crippen LogP contribution is -2.23. The number of carbonyl (C=O) groups is 2. The van der Waals surface area contributed by atoms with Gasteiger partial charge in [0.2, 0.25) is 5.91 Å². The Kier molecular flexibility index (Phi) is 8.00. The smallest absolute Gasteiger partial charge is 0.338 e. The highest BCUT2D eigenvalue weighted by molar-refractivity contribution is 6.00. The predicted octanol–water partition coefficient (Wildman–Crippen LogP) is 6.86. The van der Waals surface area contributed by atoms with Gasteiger partial charge in [0, 0.05) is 12.1 Å². The number of carbonyl (C=O) groups excluding carboxylic acids is 2. The van der Waals surface area contributed by atoms with Gasteiger partial charge in [0.25, 0.3) is 0 Å². The zero-order valence-electron chi connectivity index (χ0n) is 21.3. The summed E-state index contributed by atoms with van der Waals surface area (Å²) in [5, 5.41) is 14.8. The molecular weight excluding hydrogens is 460 g/mol. The number of hydrogen-bond donors (Lipinski definition) is 1. The number of anilines is 1. The average molecular weight is 491 g/mol. The molecule has 0 radical (unpaired) electrons. The number of amides is 1. The Hall–Kier alpha value is -4.43. The zero-order chi connectivity index (χ0) is 26.4. The number of rotatable bonds is 8. The SMILES string of the molecule is COC(=O)c1ccccc1Cc1ccc(C#N)cc1NC(=O)C(CC(C)C)c1cccc2ccccc12. The summed E-state index contributed by atoms with van der Waals surface area (Å²) < 4.78 is 4.95. The first kappa shape index (κ1) is 25.7. The van der Waals surface area contributed by atoms with E-state index in [-0.39, 0.29) is 11.8 Å². The third-order valence-electron chi connectivity index (χ3n) is 6.52. The molecule has 0 saturated carbocycles. The lowest BCUT2D eigenvalue weighted by atomic mass is 9.86. The maximum absolute atomic E-state index is 13.8. The van der Waals surface area contributed by atoms with Crippen molar-refractivity contribution in [3.63, 3.8) is 0 Å². The molecule has 4 aromatic carbocycles. The summed E-state index contributed by atoms with van der Waals surface area (Å²) in [5.41, 5.74) is 4.06. The van der Waals surface area contributed by atoms with Gasteiger partial charge < -0.3 is 10.1 Å². The van der Waals surface area contributed by atoms with Crippen molar-refractivity contribution in [2.45, 2.75) is 32.6 Å². The number of hydrogen-bond acceptors (Lipinski definition) is 4. The maximum atomic E-state index is 13.8. The van der Waals surface area contributed by atoms with Gasteiger partial charge in [-0.05, 0) is 58.0 Å². The first-order valence-corrected chi connectivity index (χ1v) is 12.4. The van der Waals surface area contributed by atoms with Crippen LogP contribution in [0.5, 0.6) is 0 Å². The van der Waals surface area contributed by atoms with Crippen LogP contribution in [0, 0.1) is 17.2 Å². The van der Waals surface area contributed by atoms with Gasteiger partial charge in [0.15, 0.2) is 0 Å². The van der Waals surface area contributed by atoms with E-state index in [1.165, 1.54) is 7.11 Å². The monoisotopic (exact) mass is 490 g/mol. The fraction of sp³-hybridized carbons (Fsp3) is 0.219. The van der Waals surface area contributed by atoms with Gasteiger partial charge in [-0.3, -0.25) is 4.79 Å². The normalized spacial score (nSPS) is 11.6. The van der Waals surface area contributed by atoms with Crippen LogP contribution in [0.4, 0.5) is 5.69 Å². The average Bonchev–Trinajstić information content (AvgIpc) is 2.92. The summed E-state index contributed by atoms with van der Waals surface area (Å²) >= 11 is 0. The third kappa shape index (κ3) is 5.87. The Morgan fingerprint density at radius 2 is 1.65 bits per heavy atom. The highest BCUT2D eigenvalue weighted by Crippen LogP contribution is 2.32. The van der Waals surface area contributed by atoms with E-state index in [0.717, 1.165) is 27.5 Å². The third-order valence-corrected chi connectivity index (χ3v) is 6.52. The molecule has 0 heterocycles. The number of fused-ring (bicyclic) bond motifs is 1. The molecule has 1 amide bonds. The molecule has 0 aliphatic heterocycles. The van der Waals surface area contributed by atoms with Crippen molar-refractivity contribution in [3.8, 4) is 6.07 Å². The standard InChI is InChI=1S/C32H30N2O3/c1-21(2)17-29(28-14-8-11-23-9-4-6-12-26(23)28)31(35)34-30-18-22(20-33)15-16-25(30)19-24-10-5-7-13-27(24)32(36)37-3/h4-16,18,21,29H,17,19H2,1-3H3,(H,34,35). The summed E-state index contributed by atoms with van der Waals surface area (Å²) in [6.07, 6.45) is 1.08. The molecule has 37 heavy (non-hydrogen) atoms. The molecular formula is C32H30N2O3. The van der Waals surface area contributed by atoms with Crippen molar-refractivity contribution in [1.82, 2.24) is 0 Å². The Morgan fingerprint density at radius 1 is 0.919 bits per heavy atom. The fourth-order valence-corrected chi connectivity index (χ4v) is 4.73. The first-order chi connectivity index (χ1) is 17.9. The van der Waals surface area contributed by atoms with E-state index in [4.69, 9.17) is 4.74 Å². The number of nitriles is 1. The second kappa shape index (κ2) is 11.5. The molecule has 5 nitrogen and oxygen atoms in total. The van der Waals surface area contributed by atoms with Crippen molar-refractivity contribution in [1.29, 1.82) is 5.26 Å². The van der Waals surface area contributed by atoms with Crippen LogP contribution in [0.15, 0.2) is 84.9 Å². The Labute approximate surface area is 217 Å². The van der Waals surface area contributed by atoms with E-state index >= 15 is 0 Å². The van der Waals surface area contributed by atoms with Crippen LogP contribution in [0.3, 0.4) is 0 Å². The second-order valence-corrected chi connectivity index (χ2v) is 9.55. The van der Waals surface area contributed by atoms with E-state index in [0.29, 0.717) is 35.6 Å². The predicted molar refractivity (Wildman–Crippen MR) is 147 cm³/mol. The molecule has 186 valence electrons. The highest BCUT2D eigenvalue weighted by atomic mass is 16.5. The Morgan fingerprint density at radius 3 is 2.41 bits per heavy atom. The highest BCUT2D eigenvalue weighted by Gasteiger charge is 2.25. The van der Waals surface area contributed by atoms with Crippen molar-refractivity contribution in [3.05, 3.63) is 113 Å². The number of ether oxygens (including phenoxy) is 1. The van der Waals surface area contributed by atoms with Crippen LogP contribution in [0.25, 0.3) is 10.8 Å². The number of esters is 1. The van der Waals surface area contributed by atoms with Gasteiger partial charge in [-0.1, -0.05) is 80.6 Å². The van der Waals surface area contributed by atoms with Gasteiger partial charge in [0.05, 0.1) is 30.2 Å². The first-order valence-electron chi connectivity index (χ1n) is 12.4. The summed E-state index contributed by atoms with van der Waals surface area (Å²) in [6.45, 7) is 4.22. The number of benzene rings is 4. The minimum atomic E-state index is -0.414. The Balaban J connectivity index is 1.72. The molecule has 0 aliphatic rings. The van der Waals surface area contributed by atoms with Gasteiger partial charge in [-0.15, -0.1) is 0 Å². The molecule has 0 saturated heterocycles. The molecule has 0 spiro atoms. The molecule has 5 heteroatoms. The van der Waals surface area contributed by atoms with E-state index in [1.54, 1.807) is 24.3 Å². The van der Waals surface area contributed by atoms with Crippen molar-refractivity contribution in [2.24, 2.45) is 5.92 Å². The van der Waals surface area contributed by atoms with Crippen molar-refractivity contribution in [2.75, 3.05) is 12.4 Å². The Bertz CT molecular complexity index is 1480. The van der Waals surface area contributed by atoms with Crippen LogP contribution in [-0.2, 0) is 16.0 Å². The van der Waals surface area contributed by atoms with Crippen LogP contribution in [-0.4, -0.2) is 19.0 Å². The lowest BCUT2D eigenvalue weighted by molar-refractivity contribution is -0.117. The molecule has 0 fully saturated rings. The van der Waals surface area contributed by atoms with E-state index < -0.39 is 5.97 Å². The number of nitrogens with zero attached hydrogens (tertiary/aromatic N) is 1. The summed E-state index contributed by atoms with van der Waals surface area (Å²) in [7, 11) is 1.36. The van der Waals surface area contributed by atoms with Crippen LogP contribution < -0.4 is 5.32 Å². The summed E-state index contributed by atoms with van der Waals surface area (Å²) in [5.74, 6) is -0.607. The van der Waals surface area contributed by atoms with E-state index in [9.17, 15) is 14.9 Å². The van der Waals surface area contributed by atoms with Gasteiger partial charge >= 0.3 is 5.97 Å². The molecule has 0 bridgehead atoms. The van der Waals surface area contributed by atoms with E-state index in [1.807, 2.05) is 42.5 Å². The van der Waals surface area contributed by atoms with Crippen molar-refractivity contribution >= 4 is 28.3 Å². The maximum Gasteiger partial charge on any atom is 0.338 e. The van der Waals surface area contributed by atoms with Crippen LogP contribution >= 0.6 is 0 Å². The molecule has 4 rings (SSSR count). The summed E-state index contributed by atoms with van der Waals surface area (Å²) in [6, 6.07) is 28.8. The molecule has 4 aromatic rings. The number of methoxy groups -OCH3 is 1. The van der Waals surface area contributed by atoms with Gasteiger partial charge in [0.1, 0.15) is 0 Å². The van der Waals surface area contributed by atoms with E-state index in [2.05, 4.69) is 43.4 Å². The molecule has 1 unspecified atom stereocenters. The topological polar surface area (TPSA) is 79.2 Å². The molecule has 0 aliphatic carbocycles. The fourth-order valence-electron chi connectivity index (χ4n) is 4.73. The van der Waals surface area contributed by atoms with Gasteiger partial charge in [-0.25, -0.2) is 4.79 Å². The summed E-state index contributed by atoms with van der Waals surface area (Å²) in [4.78, 5) is 26.2. The molecule has 0 aromatic heterocycles. The largest absolute Gasteiger partial charge is 0.465 e. The number of nitrogens with one attached hydrogen (secondary N) is 1. The minimum Gasteiger partial charge on any atom is -0.465 e. The minimum absolute atomic E-state index is 0.123. The quantitative estimate of drug-likeness (QED) is 0.274. The van der Waals surface area contributed by atoms with Gasteiger partial charge in [-0.2, -0.15) is 5.26 Å². The van der Waals surface area contributed by atoms with Crippen LogP contribution in [0.1, 0.15) is 58.8 Å². The second-order valence-electron chi connectivity index (χ2n) is 9.55.